The molecule has 72 valence electrons. The molecule has 14 heavy (non-hydrogen) atoms. The summed E-state index contributed by atoms with van der Waals surface area (Å²) in [5.74, 6) is -1.08. The standard InChI is InChI=1S/C9H8N2O3/c1-5-7(9(13)14)11-4-2-3-6(12)8(11)10-5/h2-4,12H,1H3,(H,13,14). The van der Waals surface area contributed by atoms with E-state index in [1.807, 2.05) is 0 Å². The lowest BCUT2D eigenvalue weighted by Crippen LogP contribution is -2.03. The van der Waals surface area contributed by atoms with Gasteiger partial charge in [-0.1, -0.05) is 0 Å². The van der Waals surface area contributed by atoms with E-state index in [1.54, 1.807) is 19.2 Å². The van der Waals surface area contributed by atoms with Crippen molar-refractivity contribution in [2.24, 2.45) is 0 Å². The molecule has 0 radical (unpaired) electrons. The maximum Gasteiger partial charge on any atom is 0.354 e. The first-order valence-corrected chi connectivity index (χ1v) is 4.01. The highest BCUT2D eigenvalue weighted by Gasteiger charge is 2.16. The summed E-state index contributed by atoms with van der Waals surface area (Å²) in [5, 5.41) is 18.3. The van der Waals surface area contributed by atoms with Crippen LogP contribution in [0.4, 0.5) is 0 Å². The van der Waals surface area contributed by atoms with Crippen molar-refractivity contribution in [2.75, 3.05) is 0 Å². The van der Waals surface area contributed by atoms with Crippen molar-refractivity contribution >= 4 is 11.6 Å². The van der Waals surface area contributed by atoms with Gasteiger partial charge in [0.05, 0.1) is 5.69 Å². The fourth-order valence-corrected chi connectivity index (χ4v) is 1.42. The molecule has 5 heteroatoms. The molecule has 0 amide bonds. The maximum atomic E-state index is 10.9. The molecule has 2 aromatic rings. The molecule has 0 bridgehead atoms. The van der Waals surface area contributed by atoms with Gasteiger partial charge in [-0.2, -0.15) is 0 Å². The number of rotatable bonds is 1. The zero-order valence-electron chi connectivity index (χ0n) is 7.43. The molecule has 0 aromatic carbocycles. The molecule has 0 aliphatic carbocycles. The van der Waals surface area contributed by atoms with Gasteiger partial charge in [-0.15, -0.1) is 0 Å². The summed E-state index contributed by atoms with van der Waals surface area (Å²) in [7, 11) is 0. The minimum absolute atomic E-state index is 0.0249. The number of imidazole rings is 1. The van der Waals surface area contributed by atoms with E-state index in [1.165, 1.54) is 10.5 Å². The smallest absolute Gasteiger partial charge is 0.354 e. The van der Waals surface area contributed by atoms with Crippen molar-refractivity contribution in [1.82, 2.24) is 9.38 Å². The van der Waals surface area contributed by atoms with Crippen molar-refractivity contribution in [1.29, 1.82) is 0 Å². The van der Waals surface area contributed by atoms with Crippen molar-refractivity contribution in [2.45, 2.75) is 6.92 Å². The average molecular weight is 192 g/mol. The molecule has 0 aliphatic rings. The Kier molecular flexibility index (Phi) is 1.67. The molecule has 0 atom stereocenters. The van der Waals surface area contributed by atoms with Gasteiger partial charge in [0, 0.05) is 6.20 Å². The first kappa shape index (κ1) is 8.55. The summed E-state index contributed by atoms with van der Waals surface area (Å²) in [6.07, 6.45) is 1.55. The molecule has 0 fully saturated rings. The highest BCUT2D eigenvalue weighted by atomic mass is 16.4. The van der Waals surface area contributed by atoms with Crippen molar-refractivity contribution < 1.29 is 15.0 Å². The Morgan fingerprint density at radius 3 is 2.93 bits per heavy atom. The summed E-state index contributed by atoms with van der Waals surface area (Å²) in [4.78, 5) is 14.8. The number of carbonyl (C=O) groups is 1. The number of nitrogens with zero attached hydrogens (tertiary/aromatic N) is 2. The predicted molar refractivity (Wildman–Crippen MR) is 48.6 cm³/mol. The van der Waals surface area contributed by atoms with Crippen LogP contribution in [0.15, 0.2) is 18.3 Å². The summed E-state index contributed by atoms with van der Waals surface area (Å²) in [6.45, 7) is 1.59. The van der Waals surface area contributed by atoms with Crippen LogP contribution < -0.4 is 0 Å². The average Bonchev–Trinajstić information content (AvgIpc) is 2.42. The third kappa shape index (κ3) is 1.02. The van der Waals surface area contributed by atoms with Crippen LogP contribution in [0.3, 0.4) is 0 Å². The lowest BCUT2D eigenvalue weighted by atomic mass is 10.3. The zero-order valence-corrected chi connectivity index (χ0v) is 7.43. The van der Waals surface area contributed by atoms with Gasteiger partial charge in [-0.25, -0.2) is 9.78 Å². The Labute approximate surface area is 79.2 Å². The molecular formula is C9H8N2O3. The van der Waals surface area contributed by atoms with Gasteiger partial charge >= 0.3 is 5.97 Å². The van der Waals surface area contributed by atoms with Crippen LogP contribution in [-0.4, -0.2) is 25.6 Å². The minimum Gasteiger partial charge on any atom is -0.504 e. The number of aryl methyl sites for hydroxylation is 1. The molecule has 0 spiro atoms. The molecule has 5 nitrogen and oxygen atoms in total. The van der Waals surface area contributed by atoms with Crippen molar-refractivity contribution in [3.8, 4) is 5.75 Å². The summed E-state index contributed by atoms with van der Waals surface area (Å²) >= 11 is 0. The molecule has 2 rings (SSSR count). The van der Waals surface area contributed by atoms with Gasteiger partial charge < -0.3 is 10.2 Å². The van der Waals surface area contributed by atoms with Gasteiger partial charge in [0.1, 0.15) is 0 Å². The van der Waals surface area contributed by atoms with Gasteiger partial charge in [-0.05, 0) is 19.1 Å². The second-order valence-electron chi connectivity index (χ2n) is 2.94. The van der Waals surface area contributed by atoms with E-state index in [-0.39, 0.29) is 17.1 Å². The number of aromatic carboxylic acids is 1. The summed E-state index contributed by atoms with van der Waals surface area (Å²) < 4.78 is 1.35. The molecule has 2 N–H and O–H groups in total. The number of aromatic hydroxyl groups is 1. The normalized spacial score (nSPS) is 10.6. The Morgan fingerprint density at radius 1 is 1.57 bits per heavy atom. The van der Waals surface area contributed by atoms with Gasteiger partial charge in [0.2, 0.25) is 0 Å². The van der Waals surface area contributed by atoms with Crippen LogP contribution in [0.1, 0.15) is 16.2 Å². The monoisotopic (exact) mass is 192 g/mol. The van der Waals surface area contributed by atoms with E-state index < -0.39 is 5.97 Å². The lowest BCUT2D eigenvalue weighted by molar-refractivity contribution is 0.0688. The fourth-order valence-electron chi connectivity index (χ4n) is 1.42. The highest BCUT2D eigenvalue weighted by Crippen LogP contribution is 2.20. The van der Waals surface area contributed by atoms with E-state index in [4.69, 9.17) is 5.11 Å². The summed E-state index contributed by atoms with van der Waals surface area (Å²) in [6, 6.07) is 3.03. The Balaban J connectivity index is 2.90. The van der Waals surface area contributed by atoms with Gasteiger partial charge in [0.15, 0.2) is 17.1 Å². The minimum atomic E-state index is -1.06. The quantitative estimate of drug-likeness (QED) is 0.708. The second-order valence-corrected chi connectivity index (χ2v) is 2.94. The first-order valence-electron chi connectivity index (χ1n) is 4.01. The molecular weight excluding hydrogens is 184 g/mol. The lowest BCUT2D eigenvalue weighted by Gasteiger charge is -1.97. The van der Waals surface area contributed by atoms with E-state index in [9.17, 15) is 9.90 Å². The first-order chi connectivity index (χ1) is 6.61. The molecule has 0 saturated heterocycles. The van der Waals surface area contributed by atoms with Crippen LogP contribution in [0.25, 0.3) is 5.65 Å². The topological polar surface area (TPSA) is 74.8 Å². The van der Waals surface area contributed by atoms with Crippen LogP contribution in [0.2, 0.25) is 0 Å². The third-order valence-corrected chi connectivity index (χ3v) is 2.01. The Hall–Kier alpha value is -2.04. The Morgan fingerprint density at radius 2 is 2.29 bits per heavy atom. The molecule has 2 aromatic heterocycles. The number of hydrogen-bond acceptors (Lipinski definition) is 3. The summed E-state index contributed by atoms with van der Waals surface area (Å²) in [5.41, 5.74) is 0.734. The van der Waals surface area contributed by atoms with Crippen molar-refractivity contribution in [3.63, 3.8) is 0 Å². The van der Waals surface area contributed by atoms with Gasteiger partial charge in [0.25, 0.3) is 0 Å². The molecule has 0 unspecified atom stereocenters. The number of pyridine rings is 1. The molecule has 0 aliphatic heterocycles. The van der Waals surface area contributed by atoms with E-state index in [2.05, 4.69) is 4.98 Å². The van der Waals surface area contributed by atoms with E-state index >= 15 is 0 Å². The predicted octanol–water partition coefficient (Wildman–Crippen LogP) is 1.05. The largest absolute Gasteiger partial charge is 0.504 e. The SMILES string of the molecule is Cc1nc2c(O)cccn2c1C(=O)O. The number of hydrogen-bond donors (Lipinski definition) is 2. The Bertz CT molecular complexity index is 516. The third-order valence-electron chi connectivity index (χ3n) is 2.01. The van der Waals surface area contributed by atoms with E-state index in [0.717, 1.165) is 0 Å². The van der Waals surface area contributed by atoms with E-state index in [0.29, 0.717) is 5.69 Å². The van der Waals surface area contributed by atoms with Crippen LogP contribution in [-0.2, 0) is 0 Å². The maximum absolute atomic E-state index is 10.9. The van der Waals surface area contributed by atoms with Crippen molar-refractivity contribution in [3.05, 3.63) is 29.7 Å². The van der Waals surface area contributed by atoms with Crippen LogP contribution in [0.5, 0.6) is 5.75 Å². The molecule has 0 saturated carbocycles. The number of carboxylic acids is 1. The van der Waals surface area contributed by atoms with Crippen LogP contribution in [0, 0.1) is 6.92 Å². The number of fused-ring (bicyclic) bond motifs is 1. The zero-order chi connectivity index (χ0) is 10.3. The highest BCUT2D eigenvalue weighted by molar-refractivity contribution is 5.88. The number of aromatic nitrogens is 2. The fraction of sp³-hybridized carbons (Fsp3) is 0.111. The molecule has 2 heterocycles. The van der Waals surface area contributed by atoms with Gasteiger partial charge in [-0.3, -0.25) is 4.40 Å². The van der Waals surface area contributed by atoms with Crippen LogP contribution >= 0.6 is 0 Å². The second kappa shape index (κ2) is 2.73. The number of carboxylic acid groups (broad SMARTS) is 1.